The van der Waals surface area contributed by atoms with Crippen LogP contribution in [0.15, 0.2) is 77.9 Å². The van der Waals surface area contributed by atoms with E-state index < -0.39 is 24.0 Å². The standard InChI is InChI=1S/C28H29Cl2N3O4/c1-18(2)36-23-11-7-10-21(14-23)17-31-33-28(35)25(15-20-8-5-4-6-9-20)32-27(34)19(3)37-26-13-12-22(29)16-24(26)30/h4-14,16-19,25H,15H2,1-3H3,(H,32,34)(H,33,35)/b31-17-/t19-,25-/m0/s1. The number of hydrazone groups is 1. The Kier molecular flexibility index (Phi) is 10.4. The van der Waals surface area contributed by atoms with Crippen molar-refractivity contribution >= 4 is 41.2 Å². The first-order chi connectivity index (χ1) is 17.7. The van der Waals surface area contributed by atoms with E-state index in [1.165, 1.54) is 12.3 Å². The fourth-order valence-corrected chi connectivity index (χ4v) is 3.80. The highest BCUT2D eigenvalue weighted by Crippen LogP contribution is 2.28. The number of hydrogen-bond donors (Lipinski definition) is 2. The van der Waals surface area contributed by atoms with E-state index in [9.17, 15) is 9.59 Å². The lowest BCUT2D eigenvalue weighted by atomic mass is 10.1. The summed E-state index contributed by atoms with van der Waals surface area (Å²) < 4.78 is 11.4. The van der Waals surface area contributed by atoms with Gasteiger partial charge in [-0.1, -0.05) is 65.7 Å². The average molecular weight is 542 g/mol. The molecule has 2 atom stereocenters. The predicted molar refractivity (Wildman–Crippen MR) is 147 cm³/mol. The summed E-state index contributed by atoms with van der Waals surface area (Å²) in [5.74, 6) is 0.0599. The molecule has 2 N–H and O–H groups in total. The second-order valence-electron chi connectivity index (χ2n) is 8.56. The smallest absolute Gasteiger partial charge is 0.262 e. The molecule has 7 nitrogen and oxygen atoms in total. The molecule has 0 aromatic heterocycles. The summed E-state index contributed by atoms with van der Waals surface area (Å²) in [5.41, 5.74) is 4.15. The fraction of sp³-hybridized carbons (Fsp3) is 0.250. The van der Waals surface area contributed by atoms with Crippen molar-refractivity contribution in [3.8, 4) is 11.5 Å². The second kappa shape index (κ2) is 13.7. The van der Waals surface area contributed by atoms with Crippen LogP contribution in [-0.2, 0) is 16.0 Å². The van der Waals surface area contributed by atoms with E-state index in [0.717, 1.165) is 11.1 Å². The Bertz CT molecular complexity index is 1240. The quantitative estimate of drug-likeness (QED) is 0.250. The Morgan fingerprint density at radius 1 is 0.919 bits per heavy atom. The van der Waals surface area contributed by atoms with Crippen LogP contribution in [0.1, 0.15) is 31.9 Å². The molecule has 0 fully saturated rings. The van der Waals surface area contributed by atoms with Crippen LogP contribution < -0.4 is 20.2 Å². The van der Waals surface area contributed by atoms with E-state index in [0.29, 0.717) is 16.5 Å². The molecule has 0 saturated carbocycles. The molecule has 0 aliphatic carbocycles. The molecule has 0 aliphatic rings. The molecular weight excluding hydrogens is 513 g/mol. The zero-order valence-corrected chi connectivity index (χ0v) is 22.3. The van der Waals surface area contributed by atoms with Gasteiger partial charge in [-0.3, -0.25) is 9.59 Å². The SMILES string of the molecule is CC(C)Oc1cccc(/C=N\NC(=O)[C@H](Cc2ccccc2)NC(=O)[C@H](C)Oc2ccc(Cl)cc2Cl)c1. The largest absolute Gasteiger partial charge is 0.491 e. The maximum Gasteiger partial charge on any atom is 0.262 e. The summed E-state index contributed by atoms with van der Waals surface area (Å²) in [7, 11) is 0. The van der Waals surface area contributed by atoms with Crippen LogP contribution in [0.3, 0.4) is 0 Å². The molecule has 9 heteroatoms. The van der Waals surface area contributed by atoms with Crippen LogP contribution in [0.25, 0.3) is 0 Å². The lowest BCUT2D eigenvalue weighted by Crippen LogP contribution is -2.50. The number of nitrogens with one attached hydrogen (secondary N) is 2. The molecule has 3 rings (SSSR count). The number of carbonyl (C=O) groups is 2. The van der Waals surface area contributed by atoms with E-state index in [-0.39, 0.29) is 17.5 Å². The van der Waals surface area contributed by atoms with Crippen LogP contribution in [0.5, 0.6) is 11.5 Å². The molecule has 0 unspecified atom stereocenters. The number of hydrogen-bond acceptors (Lipinski definition) is 5. The van der Waals surface area contributed by atoms with Gasteiger partial charge in [-0.05, 0) is 62.2 Å². The van der Waals surface area contributed by atoms with Crippen LogP contribution in [0, 0.1) is 0 Å². The summed E-state index contributed by atoms with van der Waals surface area (Å²) >= 11 is 12.1. The van der Waals surface area contributed by atoms with Gasteiger partial charge in [-0.25, -0.2) is 5.43 Å². The number of halogens is 2. The molecule has 0 heterocycles. The monoisotopic (exact) mass is 541 g/mol. The van der Waals surface area contributed by atoms with Crippen molar-refractivity contribution in [2.75, 3.05) is 0 Å². The molecule has 2 amide bonds. The Hall–Kier alpha value is -3.55. The Morgan fingerprint density at radius 3 is 2.38 bits per heavy atom. The Balaban J connectivity index is 1.68. The molecule has 0 spiro atoms. The number of amides is 2. The summed E-state index contributed by atoms with van der Waals surface area (Å²) in [4.78, 5) is 25.9. The first kappa shape index (κ1) is 28.0. The van der Waals surface area contributed by atoms with Crippen molar-refractivity contribution in [1.82, 2.24) is 10.7 Å². The van der Waals surface area contributed by atoms with Gasteiger partial charge in [0.25, 0.3) is 11.8 Å². The van der Waals surface area contributed by atoms with Gasteiger partial charge in [-0.15, -0.1) is 0 Å². The number of benzene rings is 3. The van der Waals surface area contributed by atoms with Crippen molar-refractivity contribution < 1.29 is 19.1 Å². The summed E-state index contributed by atoms with van der Waals surface area (Å²) in [6, 6.07) is 20.5. The molecule has 0 bridgehead atoms. The van der Waals surface area contributed by atoms with E-state index in [4.69, 9.17) is 32.7 Å². The van der Waals surface area contributed by atoms with Gasteiger partial charge in [0.05, 0.1) is 17.3 Å². The van der Waals surface area contributed by atoms with Crippen molar-refractivity contribution in [3.63, 3.8) is 0 Å². The third-order valence-electron chi connectivity index (χ3n) is 5.10. The summed E-state index contributed by atoms with van der Waals surface area (Å²) in [5, 5.41) is 7.56. The maximum absolute atomic E-state index is 13.0. The molecule has 0 saturated heterocycles. The highest BCUT2D eigenvalue weighted by molar-refractivity contribution is 6.35. The molecule has 3 aromatic carbocycles. The molecule has 3 aromatic rings. The molecule has 0 aliphatic heterocycles. The Morgan fingerprint density at radius 2 is 1.68 bits per heavy atom. The number of carbonyl (C=O) groups excluding carboxylic acids is 2. The maximum atomic E-state index is 13.0. The van der Waals surface area contributed by atoms with Crippen molar-refractivity contribution in [2.24, 2.45) is 5.10 Å². The zero-order chi connectivity index (χ0) is 26.8. The predicted octanol–water partition coefficient (Wildman–Crippen LogP) is 5.43. The second-order valence-corrected chi connectivity index (χ2v) is 9.40. The Labute approximate surface area is 226 Å². The van der Waals surface area contributed by atoms with Crippen LogP contribution in [0.4, 0.5) is 0 Å². The number of ether oxygens (including phenoxy) is 2. The topological polar surface area (TPSA) is 89.0 Å². The van der Waals surface area contributed by atoms with Crippen molar-refractivity contribution in [1.29, 1.82) is 0 Å². The van der Waals surface area contributed by atoms with Gasteiger partial charge < -0.3 is 14.8 Å². The normalized spacial score (nSPS) is 12.7. The summed E-state index contributed by atoms with van der Waals surface area (Å²) in [6.07, 6.45) is 0.897. The molecule has 37 heavy (non-hydrogen) atoms. The first-order valence-electron chi connectivity index (χ1n) is 11.8. The highest BCUT2D eigenvalue weighted by atomic mass is 35.5. The first-order valence-corrected chi connectivity index (χ1v) is 12.5. The highest BCUT2D eigenvalue weighted by Gasteiger charge is 2.25. The minimum Gasteiger partial charge on any atom is -0.491 e. The van der Waals surface area contributed by atoms with Crippen LogP contribution >= 0.6 is 23.2 Å². The van der Waals surface area contributed by atoms with Crippen molar-refractivity contribution in [2.45, 2.75) is 45.4 Å². The van der Waals surface area contributed by atoms with E-state index in [1.807, 2.05) is 68.4 Å². The van der Waals surface area contributed by atoms with Crippen molar-refractivity contribution in [3.05, 3.63) is 94.0 Å². The fourth-order valence-electron chi connectivity index (χ4n) is 3.35. The third-order valence-corrected chi connectivity index (χ3v) is 5.63. The average Bonchev–Trinajstić information content (AvgIpc) is 2.85. The minimum absolute atomic E-state index is 0.0383. The van der Waals surface area contributed by atoms with Gasteiger partial charge in [0.2, 0.25) is 0 Å². The van der Waals surface area contributed by atoms with Crippen LogP contribution in [0.2, 0.25) is 10.0 Å². The van der Waals surface area contributed by atoms with Gasteiger partial charge in [0, 0.05) is 11.4 Å². The van der Waals surface area contributed by atoms with Gasteiger partial charge >= 0.3 is 0 Å². The van der Waals surface area contributed by atoms with Gasteiger partial charge in [0.1, 0.15) is 17.5 Å². The zero-order valence-electron chi connectivity index (χ0n) is 20.8. The van der Waals surface area contributed by atoms with Crippen LogP contribution in [-0.4, -0.2) is 36.3 Å². The van der Waals surface area contributed by atoms with Gasteiger partial charge in [0.15, 0.2) is 6.10 Å². The molecular formula is C28H29Cl2N3O4. The molecule has 194 valence electrons. The molecule has 0 radical (unpaired) electrons. The summed E-state index contributed by atoms with van der Waals surface area (Å²) in [6.45, 7) is 5.46. The van der Waals surface area contributed by atoms with E-state index in [2.05, 4.69) is 15.8 Å². The third kappa shape index (κ3) is 9.12. The number of nitrogens with zero attached hydrogens (tertiary/aromatic N) is 1. The minimum atomic E-state index is -0.919. The van der Waals surface area contributed by atoms with Gasteiger partial charge in [-0.2, -0.15) is 5.10 Å². The van der Waals surface area contributed by atoms with E-state index >= 15 is 0 Å². The van der Waals surface area contributed by atoms with E-state index in [1.54, 1.807) is 19.1 Å². The number of rotatable bonds is 11. The lowest BCUT2D eigenvalue weighted by Gasteiger charge is -2.21. The lowest BCUT2D eigenvalue weighted by molar-refractivity contribution is -0.132.